The molecule has 5 heteroatoms. The zero-order valence-electron chi connectivity index (χ0n) is 12.9. The first-order chi connectivity index (χ1) is 11.1. The van der Waals surface area contributed by atoms with Crippen LogP contribution in [-0.2, 0) is 4.74 Å². The van der Waals surface area contributed by atoms with Crippen molar-refractivity contribution in [3.05, 3.63) is 60.2 Å². The summed E-state index contributed by atoms with van der Waals surface area (Å²) >= 11 is 0. The van der Waals surface area contributed by atoms with E-state index < -0.39 is 18.4 Å². The Hall–Kier alpha value is -2.53. The molecule has 122 valence electrons. The predicted octanol–water partition coefficient (Wildman–Crippen LogP) is 3.12. The van der Waals surface area contributed by atoms with Crippen molar-refractivity contribution in [1.82, 2.24) is 0 Å². The molecule has 0 bridgehead atoms. The molecule has 0 heterocycles. The number of hydrogen-bond donors (Lipinski definition) is 2. The fraction of sp³-hybridized carbons (Fsp3) is 0.278. The summed E-state index contributed by atoms with van der Waals surface area (Å²) in [6, 6.07) is 14.6. The maximum atomic E-state index is 12.3. The van der Waals surface area contributed by atoms with E-state index in [1.807, 2.05) is 13.0 Å². The largest absolute Gasteiger partial charge is 0.508 e. The smallest absolute Gasteiger partial charge is 0.341 e. The first-order valence-corrected chi connectivity index (χ1v) is 7.46. The van der Waals surface area contributed by atoms with Crippen molar-refractivity contribution in [3.8, 4) is 11.5 Å². The molecule has 0 aromatic heterocycles. The Morgan fingerprint density at radius 3 is 2.30 bits per heavy atom. The highest BCUT2D eigenvalue weighted by atomic mass is 16.7. The molecule has 0 spiro atoms. The second kappa shape index (κ2) is 7.65. The van der Waals surface area contributed by atoms with E-state index in [4.69, 9.17) is 9.47 Å². The summed E-state index contributed by atoms with van der Waals surface area (Å²) in [4.78, 5) is 12.3. The Morgan fingerprint density at radius 2 is 1.74 bits per heavy atom. The quantitative estimate of drug-likeness (QED) is 0.606. The van der Waals surface area contributed by atoms with Crippen LogP contribution in [0.25, 0.3) is 0 Å². The number of ether oxygens (including phenoxy) is 2. The normalized spacial score (nSPS) is 13.1. The molecule has 0 fully saturated rings. The fourth-order valence-electron chi connectivity index (χ4n) is 2.18. The van der Waals surface area contributed by atoms with Crippen molar-refractivity contribution in [1.29, 1.82) is 0 Å². The number of phenols is 1. The van der Waals surface area contributed by atoms with Crippen molar-refractivity contribution in [2.75, 3.05) is 6.61 Å². The summed E-state index contributed by atoms with van der Waals surface area (Å²) in [5, 5.41) is 19.0. The van der Waals surface area contributed by atoms with Gasteiger partial charge < -0.3 is 19.7 Å². The molecule has 0 aliphatic rings. The van der Waals surface area contributed by atoms with Gasteiger partial charge in [0.1, 0.15) is 18.1 Å². The van der Waals surface area contributed by atoms with Crippen LogP contribution in [0.3, 0.4) is 0 Å². The van der Waals surface area contributed by atoms with E-state index >= 15 is 0 Å². The van der Waals surface area contributed by atoms with Gasteiger partial charge in [0.25, 0.3) is 5.79 Å². The first kappa shape index (κ1) is 16.8. The number of phenolic OH excluding ortho intramolecular Hbond substituents is 1. The number of para-hydroxylation sites is 1. The van der Waals surface area contributed by atoms with Gasteiger partial charge in [-0.05, 0) is 42.8 Å². The van der Waals surface area contributed by atoms with Crippen LogP contribution in [0, 0.1) is 0 Å². The highest BCUT2D eigenvalue weighted by Crippen LogP contribution is 2.25. The number of carbonyl (C=O) groups excluding carboxylic acids is 1. The van der Waals surface area contributed by atoms with Crippen LogP contribution >= 0.6 is 0 Å². The van der Waals surface area contributed by atoms with Gasteiger partial charge in [-0.2, -0.15) is 0 Å². The lowest BCUT2D eigenvalue weighted by Gasteiger charge is -2.32. The topological polar surface area (TPSA) is 76.0 Å². The number of hydrogen-bond acceptors (Lipinski definition) is 5. The Morgan fingerprint density at radius 1 is 1.09 bits per heavy atom. The molecular weight excluding hydrogens is 296 g/mol. The Kier molecular flexibility index (Phi) is 5.60. The summed E-state index contributed by atoms with van der Waals surface area (Å²) in [6.45, 7) is 1.45. The Balaban J connectivity index is 2.20. The van der Waals surface area contributed by atoms with Crippen molar-refractivity contribution in [2.24, 2.45) is 0 Å². The monoisotopic (exact) mass is 316 g/mol. The van der Waals surface area contributed by atoms with E-state index in [-0.39, 0.29) is 11.3 Å². The molecule has 2 N–H and O–H groups in total. The highest BCUT2D eigenvalue weighted by Gasteiger charge is 2.36. The van der Waals surface area contributed by atoms with Crippen LogP contribution in [0.1, 0.15) is 30.1 Å². The van der Waals surface area contributed by atoms with Crippen LogP contribution in [0.2, 0.25) is 0 Å². The standard InChI is InChI=1S/C18H20O5/c1-2-12-18(13-19,22-16-6-4-3-5-7-16)23-17(21)14-8-10-15(20)11-9-14/h3-11,19-20H,2,12-13H2,1H3. The van der Waals surface area contributed by atoms with E-state index in [2.05, 4.69) is 0 Å². The number of benzene rings is 2. The molecule has 0 saturated heterocycles. The van der Waals surface area contributed by atoms with Crippen LogP contribution in [0.5, 0.6) is 11.5 Å². The van der Waals surface area contributed by atoms with Crippen LogP contribution in [0.4, 0.5) is 0 Å². The number of aliphatic hydroxyl groups excluding tert-OH is 1. The van der Waals surface area contributed by atoms with Crippen molar-refractivity contribution in [2.45, 2.75) is 25.6 Å². The molecule has 5 nitrogen and oxygen atoms in total. The average Bonchev–Trinajstić information content (AvgIpc) is 2.56. The van der Waals surface area contributed by atoms with E-state index in [0.717, 1.165) is 0 Å². The lowest BCUT2D eigenvalue weighted by molar-refractivity contribution is -0.174. The molecule has 2 aromatic carbocycles. The van der Waals surface area contributed by atoms with Crippen LogP contribution in [-0.4, -0.2) is 28.6 Å². The molecule has 2 rings (SSSR count). The highest BCUT2D eigenvalue weighted by molar-refractivity contribution is 5.89. The fourth-order valence-corrected chi connectivity index (χ4v) is 2.18. The summed E-state index contributed by atoms with van der Waals surface area (Å²) in [7, 11) is 0. The second-order valence-electron chi connectivity index (χ2n) is 5.17. The molecule has 2 aromatic rings. The van der Waals surface area contributed by atoms with Crippen molar-refractivity contribution >= 4 is 5.97 Å². The van der Waals surface area contributed by atoms with E-state index in [9.17, 15) is 15.0 Å². The second-order valence-corrected chi connectivity index (χ2v) is 5.17. The van der Waals surface area contributed by atoms with Crippen molar-refractivity contribution in [3.63, 3.8) is 0 Å². The van der Waals surface area contributed by atoms with Crippen LogP contribution < -0.4 is 4.74 Å². The van der Waals surface area contributed by atoms with Gasteiger partial charge in [0.05, 0.1) is 5.56 Å². The average molecular weight is 316 g/mol. The number of aliphatic hydroxyl groups is 1. The first-order valence-electron chi connectivity index (χ1n) is 7.46. The number of carbonyl (C=O) groups is 1. The molecule has 23 heavy (non-hydrogen) atoms. The third kappa shape index (κ3) is 4.47. The minimum atomic E-state index is -1.44. The van der Waals surface area contributed by atoms with Gasteiger partial charge in [-0.25, -0.2) is 4.79 Å². The van der Waals surface area contributed by atoms with Crippen LogP contribution in [0.15, 0.2) is 54.6 Å². The predicted molar refractivity (Wildman–Crippen MR) is 85.3 cm³/mol. The number of rotatable bonds is 7. The maximum absolute atomic E-state index is 12.3. The summed E-state index contributed by atoms with van der Waals surface area (Å²) in [6.07, 6.45) is 1.01. The molecule has 1 unspecified atom stereocenters. The van der Waals surface area contributed by atoms with E-state index in [0.29, 0.717) is 18.6 Å². The maximum Gasteiger partial charge on any atom is 0.341 e. The molecular formula is C18H20O5. The van der Waals surface area contributed by atoms with Gasteiger partial charge in [-0.3, -0.25) is 0 Å². The Bertz CT molecular complexity index is 624. The van der Waals surface area contributed by atoms with Gasteiger partial charge >= 0.3 is 5.97 Å². The third-order valence-electron chi connectivity index (χ3n) is 3.30. The molecule has 1 atom stereocenters. The summed E-state index contributed by atoms with van der Waals surface area (Å²) in [5.41, 5.74) is 0.272. The Labute approximate surface area is 135 Å². The lowest BCUT2D eigenvalue weighted by Crippen LogP contribution is -2.44. The lowest BCUT2D eigenvalue weighted by atomic mass is 10.1. The van der Waals surface area contributed by atoms with E-state index in [1.54, 1.807) is 24.3 Å². The number of aromatic hydroxyl groups is 1. The van der Waals surface area contributed by atoms with Gasteiger partial charge in [0.15, 0.2) is 0 Å². The zero-order valence-corrected chi connectivity index (χ0v) is 12.9. The third-order valence-corrected chi connectivity index (χ3v) is 3.30. The van der Waals surface area contributed by atoms with Gasteiger partial charge in [-0.15, -0.1) is 0 Å². The molecule has 0 saturated carbocycles. The molecule has 0 aliphatic heterocycles. The minimum absolute atomic E-state index is 0.0593. The minimum Gasteiger partial charge on any atom is -0.508 e. The SMILES string of the molecule is CCCC(CO)(OC(=O)c1ccc(O)cc1)Oc1ccccc1. The summed E-state index contributed by atoms with van der Waals surface area (Å²) < 4.78 is 11.2. The molecule has 0 aliphatic carbocycles. The zero-order chi connectivity index (χ0) is 16.7. The van der Waals surface area contributed by atoms with Gasteiger partial charge in [-0.1, -0.05) is 25.1 Å². The van der Waals surface area contributed by atoms with Gasteiger partial charge in [0, 0.05) is 6.42 Å². The van der Waals surface area contributed by atoms with E-state index in [1.165, 1.54) is 24.3 Å². The number of esters is 1. The molecule has 0 radical (unpaired) electrons. The van der Waals surface area contributed by atoms with Gasteiger partial charge in [0.2, 0.25) is 0 Å². The van der Waals surface area contributed by atoms with Crippen molar-refractivity contribution < 1.29 is 24.5 Å². The molecule has 0 amide bonds. The summed E-state index contributed by atoms with van der Waals surface area (Å²) in [5.74, 6) is -1.49.